The van der Waals surface area contributed by atoms with Crippen LogP contribution in [0, 0.1) is 5.92 Å². The van der Waals surface area contributed by atoms with Crippen molar-refractivity contribution in [1.29, 1.82) is 0 Å². The van der Waals surface area contributed by atoms with Gasteiger partial charge in [-0.3, -0.25) is 0 Å². The summed E-state index contributed by atoms with van der Waals surface area (Å²) in [6.07, 6.45) is 3.51. The zero-order chi connectivity index (χ0) is 14.9. The molecule has 2 nitrogen and oxygen atoms in total. The molecule has 0 saturated carbocycles. The molecule has 0 aliphatic carbocycles. The Morgan fingerprint density at radius 1 is 1.24 bits per heavy atom. The van der Waals surface area contributed by atoms with Crippen LogP contribution in [-0.2, 0) is 12.8 Å². The highest BCUT2D eigenvalue weighted by atomic mass is 32.1. The largest absolute Gasteiger partial charge is 0.497 e. The van der Waals surface area contributed by atoms with Crippen molar-refractivity contribution in [2.75, 3.05) is 20.2 Å². The topological polar surface area (TPSA) is 21.3 Å². The van der Waals surface area contributed by atoms with Gasteiger partial charge in [0.1, 0.15) is 5.75 Å². The number of benzene rings is 1. The van der Waals surface area contributed by atoms with E-state index < -0.39 is 0 Å². The summed E-state index contributed by atoms with van der Waals surface area (Å²) in [7, 11) is 1.73. The highest BCUT2D eigenvalue weighted by molar-refractivity contribution is 7.09. The molecule has 0 radical (unpaired) electrons. The second-order valence-electron chi connectivity index (χ2n) is 5.35. The average molecular weight is 303 g/mol. The van der Waals surface area contributed by atoms with E-state index in [9.17, 15) is 0 Å². The van der Waals surface area contributed by atoms with Gasteiger partial charge in [0.25, 0.3) is 0 Å². The molecule has 0 aliphatic rings. The molecule has 0 fully saturated rings. The Balaban J connectivity index is 1.94. The third-order valence-corrected chi connectivity index (χ3v) is 4.66. The van der Waals surface area contributed by atoms with E-state index in [0.29, 0.717) is 5.92 Å². The first kappa shape index (κ1) is 16.1. The van der Waals surface area contributed by atoms with Gasteiger partial charge < -0.3 is 10.1 Å². The van der Waals surface area contributed by atoms with E-state index in [1.807, 2.05) is 17.4 Å². The fraction of sp³-hybridized carbons (Fsp3) is 0.444. The van der Waals surface area contributed by atoms with Crippen LogP contribution in [0.25, 0.3) is 0 Å². The highest BCUT2D eigenvalue weighted by Gasteiger charge is 2.11. The van der Waals surface area contributed by atoms with E-state index in [2.05, 4.69) is 48.0 Å². The van der Waals surface area contributed by atoms with Crippen LogP contribution in [0.2, 0.25) is 0 Å². The molecule has 2 rings (SSSR count). The Kier molecular flexibility index (Phi) is 6.77. The second-order valence-corrected chi connectivity index (χ2v) is 6.38. The van der Waals surface area contributed by atoms with E-state index >= 15 is 0 Å². The van der Waals surface area contributed by atoms with Gasteiger partial charge in [0.05, 0.1) is 7.11 Å². The van der Waals surface area contributed by atoms with Crippen molar-refractivity contribution in [3.8, 4) is 5.75 Å². The van der Waals surface area contributed by atoms with E-state index in [0.717, 1.165) is 25.3 Å². The van der Waals surface area contributed by atoms with E-state index in [1.54, 1.807) is 7.11 Å². The van der Waals surface area contributed by atoms with Crippen LogP contribution in [0.3, 0.4) is 0 Å². The monoisotopic (exact) mass is 303 g/mol. The fourth-order valence-electron chi connectivity index (χ4n) is 2.56. The standard InChI is InChI=1S/C18H25NOS/c1-3-19-14-16(9-10-18-8-5-11-21-18)12-15-6-4-7-17(13-15)20-2/h4-8,11,13,16,19H,3,9-10,12,14H2,1-2H3. The number of hydrogen-bond acceptors (Lipinski definition) is 3. The van der Waals surface area contributed by atoms with Gasteiger partial charge in [0.15, 0.2) is 0 Å². The Labute approximate surface area is 132 Å². The maximum atomic E-state index is 5.32. The summed E-state index contributed by atoms with van der Waals surface area (Å²) in [4.78, 5) is 1.49. The predicted octanol–water partition coefficient (Wildman–Crippen LogP) is 4.16. The zero-order valence-corrected chi connectivity index (χ0v) is 13.8. The molecule has 21 heavy (non-hydrogen) atoms. The summed E-state index contributed by atoms with van der Waals surface area (Å²) in [6.45, 7) is 4.29. The lowest BCUT2D eigenvalue weighted by atomic mass is 9.94. The first-order chi connectivity index (χ1) is 10.3. The van der Waals surface area contributed by atoms with E-state index in [-0.39, 0.29) is 0 Å². The van der Waals surface area contributed by atoms with Crippen molar-refractivity contribution >= 4 is 11.3 Å². The van der Waals surface area contributed by atoms with E-state index in [1.165, 1.54) is 23.3 Å². The third-order valence-electron chi connectivity index (χ3n) is 3.72. The number of methoxy groups -OCH3 is 1. The molecule has 1 unspecified atom stereocenters. The van der Waals surface area contributed by atoms with Crippen molar-refractivity contribution < 1.29 is 4.74 Å². The van der Waals surface area contributed by atoms with Gasteiger partial charge in [-0.1, -0.05) is 25.1 Å². The maximum absolute atomic E-state index is 5.32. The molecule has 1 atom stereocenters. The molecule has 2 aromatic rings. The normalized spacial score (nSPS) is 12.3. The Bertz CT molecular complexity index is 510. The molecule has 0 amide bonds. The van der Waals surface area contributed by atoms with Crippen LogP contribution in [0.1, 0.15) is 23.8 Å². The lowest BCUT2D eigenvalue weighted by molar-refractivity contribution is 0.412. The summed E-state index contributed by atoms with van der Waals surface area (Å²) < 4.78 is 5.32. The van der Waals surface area contributed by atoms with Crippen LogP contribution >= 0.6 is 11.3 Å². The van der Waals surface area contributed by atoms with Crippen LogP contribution in [0.4, 0.5) is 0 Å². The van der Waals surface area contributed by atoms with Crippen molar-refractivity contribution in [3.63, 3.8) is 0 Å². The lowest BCUT2D eigenvalue weighted by Crippen LogP contribution is -2.24. The minimum absolute atomic E-state index is 0.666. The fourth-order valence-corrected chi connectivity index (χ4v) is 3.28. The number of ether oxygens (including phenoxy) is 1. The maximum Gasteiger partial charge on any atom is 0.119 e. The van der Waals surface area contributed by atoms with Gasteiger partial charge in [0.2, 0.25) is 0 Å². The quantitative estimate of drug-likeness (QED) is 0.751. The summed E-state index contributed by atoms with van der Waals surface area (Å²) in [5.41, 5.74) is 1.36. The smallest absolute Gasteiger partial charge is 0.119 e. The van der Waals surface area contributed by atoms with Crippen LogP contribution in [-0.4, -0.2) is 20.2 Å². The summed E-state index contributed by atoms with van der Waals surface area (Å²) in [5, 5.41) is 5.66. The lowest BCUT2D eigenvalue weighted by Gasteiger charge is -2.17. The van der Waals surface area contributed by atoms with Crippen molar-refractivity contribution in [1.82, 2.24) is 5.32 Å². The predicted molar refractivity (Wildman–Crippen MR) is 91.4 cm³/mol. The summed E-state index contributed by atoms with van der Waals surface area (Å²) >= 11 is 1.86. The van der Waals surface area contributed by atoms with E-state index in [4.69, 9.17) is 4.74 Å². The second kappa shape index (κ2) is 8.85. The summed E-state index contributed by atoms with van der Waals surface area (Å²) in [6, 6.07) is 12.8. The first-order valence-electron chi connectivity index (χ1n) is 7.67. The molecule has 0 aliphatic heterocycles. The first-order valence-corrected chi connectivity index (χ1v) is 8.55. The molecule has 0 spiro atoms. The Hall–Kier alpha value is -1.32. The number of aryl methyl sites for hydroxylation is 1. The molecular formula is C18H25NOS. The SMILES string of the molecule is CCNCC(CCc1cccs1)Cc1cccc(OC)c1. The van der Waals surface area contributed by atoms with Gasteiger partial charge in [-0.15, -0.1) is 11.3 Å². The Morgan fingerprint density at radius 2 is 2.14 bits per heavy atom. The van der Waals surface area contributed by atoms with Gasteiger partial charge in [-0.2, -0.15) is 0 Å². The van der Waals surface area contributed by atoms with Crippen molar-refractivity contribution in [2.45, 2.75) is 26.2 Å². The number of thiophene rings is 1. The highest BCUT2D eigenvalue weighted by Crippen LogP contribution is 2.20. The third kappa shape index (κ3) is 5.52. The van der Waals surface area contributed by atoms with Crippen LogP contribution < -0.4 is 10.1 Å². The molecule has 0 saturated heterocycles. The van der Waals surface area contributed by atoms with Gasteiger partial charge in [-0.25, -0.2) is 0 Å². The molecule has 1 aromatic heterocycles. The number of hydrogen-bond donors (Lipinski definition) is 1. The molecule has 3 heteroatoms. The van der Waals surface area contributed by atoms with Gasteiger partial charge in [-0.05, 0) is 67.4 Å². The molecule has 1 N–H and O–H groups in total. The minimum Gasteiger partial charge on any atom is -0.497 e. The number of rotatable bonds is 9. The zero-order valence-electron chi connectivity index (χ0n) is 13.0. The number of nitrogens with one attached hydrogen (secondary N) is 1. The summed E-state index contributed by atoms with van der Waals surface area (Å²) in [5.74, 6) is 1.62. The molecule has 0 bridgehead atoms. The molecular weight excluding hydrogens is 278 g/mol. The van der Waals surface area contributed by atoms with Gasteiger partial charge in [0, 0.05) is 4.88 Å². The molecule has 1 heterocycles. The molecule has 1 aromatic carbocycles. The Morgan fingerprint density at radius 3 is 2.86 bits per heavy atom. The minimum atomic E-state index is 0.666. The molecule has 114 valence electrons. The van der Waals surface area contributed by atoms with Crippen LogP contribution in [0.5, 0.6) is 5.75 Å². The van der Waals surface area contributed by atoms with Crippen molar-refractivity contribution in [2.24, 2.45) is 5.92 Å². The average Bonchev–Trinajstić information content (AvgIpc) is 3.03. The van der Waals surface area contributed by atoms with Crippen LogP contribution in [0.15, 0.2) is 41.8 Å². The van der Waals surface area contributed by atoms with Gasteiger partial charge >= 0.3 is 0 Å². The van der Waals surface area contributed by atoms with Crippen molar-refractivity contribution in [3.05, 3.63) is 52.2 Å².